The molecule has 0 saturated heterocycles. The topological polar surface area (TPSA) is 17.0 Å². The van der Waals surface area contributed by atoms with E-state index in [-0.39, 0.29) is 0 Å². The maximum Gasteiger partial charge on any atom is 0.0600 e. The Kier molecular flexibility index (Phi) is 3.17. The van der Waals surface area contributed by atoms with Crippen molar-refractivity contribution < 1.29 is 0 Å². The van der Waals surface area contributed by atoms with Gasteiger partial charge in [-0.15, -0.1) is 11.6 Å². The first kappa shape index (κ1) is 10.4. The number of benzene rings is 1. The molecule has 0 aliphatic carbocycles. The second-order valence-corrected chi connectivity index (χ2v) is 4.02. The van der Waals surface area contributed by atoms with Crippen LogP contribution in [0.2, 0.25) is 0 Å². The number of para-hydroxylation sites is 1. The van der Waals surface area contributed by atoms with E-state index in [4.69, 9.17) is 11.6 Å². The molecule has 0 fully saturated rings. The van der Waals surface area contributed by atoms with Gasteiger partial charge in [0, 0.05) is 36.6 Å². The molecule has 15 heavy (non-hydrogen) atoms. The number of anilines is 1. The van der Waals surface area contributed by atoms with Crippen LogP contribution in [0.1, 0.15) is 6.42 Å². The van der Waals surface area contributed by atoms with Gasteiger partial charge in [-0.1, -0.05) is 18.2 Å². The Hall–Kier alpha value is -1.15. The molecule has 0 aliphatic heterocycles. The van der Waals surface area contributed by atoms with Crippen molar-refractivity contribution in [2.45, 2.75) is 6.42 Å². The number of halogens is 1. The minimum Gasteiger partial charge on any atom is -0.383 e. The highest BCUT2D eigenvalue weighted by Gasteiger charge is 2.03. The van der Waals surface area contributed by atoms with Gasteiger partial charge in [-0.3, -0.25) is 0 Å². The molecule has 0 saturated carbocycles. The number of alkyl halides is 1. The fraction of sp³-hybridized carbons (Fsp3) is 0.333. The van der Waals surface area contributed by atoms with Crippen LogP contribution in [-0.2, 0) is 7.05 Å². The highest BCUT2D eigenvalue weighted by Crippen LogP contribution is 2.24. The summed E-state index contributed by atoms with van der Waals surface area (Å²) < 4.78 is 2.14. The summed E-state index contributed by atoms with van der Waals surface area (Å²) in [6.07, 6.45) is 3.11. The van der Waals surface area contributed by atoms with Crippen molar-refractivity contribution in [1.82, 2.24) is 4.57 Å². The highest BCUT2D eigenvalue weighted by atomic mass is 35.5. The molecule has 1 heterocycles. The van der Waals surface area contributed by atoms with Gasteiger partial charge >= 0.3 is 0 Å². The smallest absolute Gasteiger partial charge is 0.0600 e. The van der Waals surface area contributed by atoms with Crippen LogP contribution in [0.5, 0.6) is 0 Å². The fourth-order valence-corrected chi connectivity index (χ4v) is 1.91. The summed E-state index contributed by atoms with van der Waals surface area (Å²) in [5, 5.41) is 4.68. The highest BCUT2D eigenvalue weighted by molar-refractivity contribution is 6.17. The Morgan fingerprint density at radius 2 is 2.13 bits per heavy atom. The lowest BCUT2D eigenvalue weighted by Gasteiger charge is -2.02. The monoisotopic (exact) mass is 222 g/mol. The average molecular weight is 223 g/mol. The molecule has 1 aromatic carbocycles. The summed E-state index contributed by atoms with van der Waals surface area (Å²) in [4.78, 5) is 0. The van der Waals surface area contributed by atoms with Crippen LogP contribution in [0, 0.1) is 0 Å². The van der Waals surface area contributed by atoms with Crippen molar-refractivity contribution in [2.75, 3.05) is 17.7 Å². The van der Waals surface area contributed by atoms with E-state index in [1.807, 2.05) is 0 Å². The average Bonchev–Trinajstić information content (AvgIpc) is 2.58. The van der Waals surface area contributed by atoms with Gasteiger partial charge in [-0.05, 0) is 12.5 Å². The van der Waals surface area contributed by atoms with Gasteiger partial charge in [0.25, 0.3) is 0 Å². The predicted octanol–water partition coefficient (Wildman–Crippen LogP) is 3.22. The number of hydrogen-bond donors (Lipinski definition) is 1. The standard InChI is InChI=1S/C12H15ClN2/c1-15-9-11(14-8-4-7-13)10-5-2-3-6-12(10)15/h2-3,5-6,9,14H,4,7-8H2,1H3. The second-order valence-electron chi connectivity index (χ2n) is 3.64. The van der Waals surface area contributed by atoms with Crippen molar-refractivity contribution in [3.63, 3.8) is 0 Å². The Bertz CT molecular complexity index is 448. The summed E-state index contributed by atoms with van der Waals surface area (Å²) >= 11 is 5.65. The summed E-state index contributed by atoms with van der Waals surface area (Å²) in [5.41, 5.74) is 2.45. The van der Waals surface area contributed by atoms with Crippen molar-refractivity contribution in [1.29, 1.82) is 0 Å². The molecule has 2 rings (SSSR count). The molecule has 3 heteroatoms. The third kappa shape index (κ3) is 2.10. The largest absolute Gasteiger partial charge is 0.383 e. The van der Waals surface area contributed by atoms with Gasteiger partial charge in [0.15, 0.2) is 0 Å². The maximum absolute atomic E-state index is 5.65. The van der Waals surface area contributed by atoms with Gasteiger partial charge in [-0.25, -0.2) is 0 Å². The van der Waals surface area contributed by atoms with Gasteiger partial charge in [0.05, 0.1) is 5.69 Å². The molecule has 0 spiro atoms. The van der Waals surface area contributed by atoms with E-state index in [0.717, 1.165) is 13.0 Å². The number of aromatic nitrogens is 1. The van der Waals surface area contributed by atoms with Crippen LogP contribution in [0.25, 0.3) is 10.9 Å². The zero-order valence-corrected chi connectivity index (χ0v) is 9.59. The fourth-order valence-electron chi connectivity index (χ4n) is 1.77. The number of fused-ring (bicyclic) bond motifs is 1. The quantitative estimate of drug-likeness (QED) is 0.621. The van der Waals surface area contributed by atoms with E-state index >= 15 is 0 Å². The first-order chi connectivity index (χ1) is 7.33. The summed E-state index contributed by atoms with van der Waals surface area (Å²) in [6.45, 7) is 0.928. The van der Waals surface area contributed by atoms with E-state index in [9.17, 15) is 0 Å². The molecule has 2 nitrogen and oxygen atoms in total. The Balaban J connectivity index is 2.27. The molecular formula is C12H15ClN2. The summed E-state index contributed by atoms with van der Waals surface area (Å²) in [6, 6.07) is 8.39. The zero-order valence-electron chi connectivity index (χ0n) is 8.83. The molecule has 0 radical (unpaired) electrons. The number of nitrogens with zero attached hydrogens (tertiary/aromatic N) is 1. The first-order valence-corrected chi connectivity index (χ1v) is 5.70. The molecule has 1 aromatic heterocycles. The van der Waals surface area contributed by atoms with Gasteiger partial charge < -0.3 is 9.88 Å². The Morgan fingerprint density at radius 3 is 2.93 bits per heavy atom. The Morgan fingerprint density at radius 1 is 1.33 bits per heavy atom. The van der Waals surface area contributed by atoms with Crippen LogP contribution in [-0.4, -0.2) is 17.0 Å². The molecule has 2 aromatic rings. The molecule has 0 amide bonds. The van der Waals surface area contributed by atoms with E-state index in [1.54, 1.807) is 0 Å². The molecule has 0 bridgehead atoms. The Labute approximate surface area is 94.8 Å². The zero-order chi connectivity index (χ0) is 10.7. The minimum atomic E-state index is 0.706. The lowest BCUT2D eigenvalue weighted by molar-refractivity contribution is 0.957. The third-order valence-electron chi connectivity index (χ3n) is 2.52. The van der Waals surface area contributed by atoms with Crippen LogP contribution in [0.4, 0.5) is 5.69 Å². The van der Waals surface area contributed by atoms with Crippen LogP contribution < -0.4 is 5.32 Å². The summed E-state index contributed by atoms with van der Waals surface area (Å²) in [5.74, 6) is 0.706. The minimum absolute atomic E-state index is 0.706. The first-order valence-electron chi connectivity index (χ1n) is 5.17. The third-order valence-corrected chi connectivity index (χ3v) is 2.79. The lowest BCUT2D eigenvalue weighted by Crippen LogP contribution is -2.01. The van der Waals surface area contributed by atoms with Gasteiger partial charge in [-0.2, -0.15) is 0 Å². The predicted molar refractivity (Wildman–Crippen MR) is 66.7 cm³/mol. The van der Waals surface area contributed by atoms with E-state index < -0.39 is 0 Å². The number of rotatable bonds is 4. The van der Waals surface area contributed by atoms with E-state index in [1.165, 1.54) is 16.6 Å². The molecule has 0 unspecified atom stereocenters. The van der Waals surface area contributed by atoms with Crippen molar-refractivity contribution in [2.24, 2.45) is 7.05 Å². The van der Waals surface area contributed by atoms with E-state index in [2.05, 4.69) is 47.4 Å². The van der Waals surface area contributed by atoms with Crippen molar-refractivity contribution in [3.8, 4) is 0 Å². The van der Waals surface area contributed by atoms with Crippen molar-refractivity contribution in [3.05, 3.63) is 30.5 Å². The normalized spacial score (nSPS) is 10.8. The van der Waals surface area contributed by atoms with E-state index in [0.29, 0.717) is 5.88 Å². The summed E-state index contributed by atoms with van der Waals surface area (Å²) in [7, 11) is 2.06. The molecular weight excluding hydrogens is 208 g/mol. The van der Waals surface area contributed by atoms with Crippen LogP contribution in [0.3, 0.4) is 0 Å². The molecule has 0 atom stereocenters. The number of nitrogens with one attached hydrogen (secondary N) is 1. The van der Waals surface area contributed by atoms with Crippen LogP contribution in [0.15, 0.2) is 30.5 Å². The second kappa shape index (κ2) is 4.58. The van der Waals surface area contributed by atoms with Crippen molar-refractivity contribution >= 4 is 28.2 Å². The maximum atomic E-state index is 5.65. The van der Waals surface area contributed by atoms with Crippen LogP contribution >= 0.6 is 11.6 Å². The molecule has 1 N–H and O–H groups in total. The van der Waals surface area contributed by atoms with Gasteiger partial charge in [0.2, 0.25) is 0 Å². The lowest BCUT2D eigenvalue weighted by atomic mass is 10.2. The number of aryl methyl sites for hydroxylation is 1. The SMILES string of the molecule is Cn1cc(NCCCCl)c2ccccc21. The molecule has 0 aliphatic rings. The van der Waals surface area contributed by atoms with Gasteiger partial charge in [0.1, 0.15) is 0 Å². The number of hydrogen-bond acceptors (Lipinski definition) is 1. The molecule has 80 valence electrons.